The quantitative estimate of drug-likeness (QED) is 0.675. The van der Waals surface area contributed by atoms with Crippen molar-refractivity contribution in [2.45, 2.75) is 24.7 Å². The third-order valence-electron chi connectivity index (χ3n) is 4.40. The van der Waals surface area contributed by atoms with Crippen molar-refractivity contribution in [2.75, 3.05) is 11.9 Å². The van der Waals surface area contributed by atoms with Crippen molar-refractivity contribution in [3.05, 3.63) is 59.2 Å². The number of carboxylic acids is 1. The summed E-state index contributed by atoms with van der Waals surface area (Å²) in [6.07, 6.45) is 2.06. The van der Waals surface area contributed by atoms with E-state index in [1.165, 1.54) is 36.4 Å². The Morgan fingerprint density at radius 3 is 2.52 bits per heavy atom. The van der Waals surface area contributed by atoms with Crippen molar-refractivity contribution in [1.82, 2.24) is 4.72 Å². The Balaban J connectivity index is 1.79. The lowest BCUT2D eigenvalue weighted by molar-refractivity contribution is 0.0696. The second-order valence-corrected chi connectivity index (χ2v) is 8.38. The Labute approximate surface area is 157 Å². The van der Waals surface area contributed by atoms with Gasteiger partial charge in [-0.25, -0.2) is 17.9 Å². The number of aromatic carboxylic acids is 1. The van der Waals surface area contributed by atoms with Crippen LogP contribution in [0.2, 0.25) is 0 Å². The van der Waals surface area contributed by atoms with Crippen molar-refractivity contribution in [3.63, 3.8) is 0 Å². The molecule has 0 radical (unpaired) electrons. The molecule has 0 atom stereocenters. The van der Waals surface area contributed by atoms with E-state index in [-0.39, 0.29) is 16.0 Å². The Morgan fingerprint density at radius 2 is 1.85 bits per heavy atom. The van der Waals surface area contributed by atoms with Crippen molar-refractivity contribution < 1.29 is 23.1 Å². The standard InChI is InChI=1S/C19H20N2O5S/c1-12-5-8-15(19(23)24)10-17(12)21-18(22)14-3-2-4-16(9-14)27(25,26)20-11-13-6-7-13/h2-5,8-10,13,20H,6-7,11H2,1H3,(H,21,22)(H,23,24). The minimum absolute atomic E-state index is 0.0202. The van der Waals surface area contributed by atoms with Crippen molar-refractivity contribution in [3.8, 4) is 0 Å². The molecule has 8 heteroatoms. The molecule has 0 aliphatic heterocycles. The molecule has 27 heavy (non-hydrogen) atoms. The SMILES string of the molecule is Cc1ccc(C(=O)O)cc1NC(=O)c1cccc(S(=O)(=O)NCC2CC2)c1. The Bertz CT molecular complexity index is 997. The highest BCUT2D eigenvalue weighted by atomic mass is 32.2. The number of benzene rings is 2. The van der Waals surface area contributed by atoms with Gasteiger partial charge in [-0.3, -0.25) is 4.79 Å². The van der Waals surface area contributed by atoms with Crippen LogP contribution in [0.15, 0.2) is 47.4 Å². The van der Waals surface area contributed by atoms with Crippen molar-refractivity contribution >= 4 is 27.6 Å². The van der Waals surface area contributed by atoms with Gasteiger partial charge in [0, 0.05) is 17.8 Å². The minimum atomic E-state index is -3.68. The molecule has 0 heterocycles. The molecule has 1 amide bonds. The summed E-state index contributed by atoms with van der Waals surface area (Å²) in [7, 11) is -3.68. The normalized spacial score (nSPS) is 14.0. The van der Waals surface area contributed by atoms with Crippen LogP contribution in [0.5, 0.6) is 0 Å². The zero-order valence-electron chi connectivity index (χ0n) is 14.7. The monoisotopic (exact) mass is 388 g/mol. The van der Waals surface area contributed by atoms with E-state index in [2.05, 4.69) is 10.0 Å². The molecule has 0 spiro atoms. The number of rotatable bonds is 7. The Hall–Kier alpha value is -2.71. The highest BCUT2D eigenvalue weighted by Crippen LogP contribution is 2.28. The first-order valence-corrected chi connectivity index (χ1v) is 9.99. The van der Waals surface area contributed by atoms with Crippen LogP contribution < -0.4 is 10.0 Å². The molecule has 3 rings (SSSR count). The number of carbonyl (C=O) groups excluding carboxylic acids is 1. The molecule has 0 unspecified atom stereocenters. The fourth-order valence-corrected chi connectivity index (χ4v) is 3.68. The average molecular weight is 388 g/mol. The van der Waals surface area contributed by atoms with Crippen LogP contribution >= 0.6 is 0 Å². The van der Waals surface area contributed by atoms with Crippen LogP contribution in [0.3, 0.4) is 0 Å². The summed E-state index contributed by atoms with van der Waals surface area (Å²) in [6, 6.07) is 10.2. The smallest absolute Gasteiger partial charge is 0.335 e. The first kappa shape index (κ1) is 19.1. The number of carbonyl (C=O) groups is 2. The average Bonchev–Trinajstić information content (AvgIpc) is 3.46. The van der Waals surface area contributed by atoms with E-state index >= 15 is 0 Å². The van der Waals surface area contributed by atoms with Gasteiger partial charge in [0.15, 0.2) is 0 Å². The first-order valence-electron chi connectivity index (χ1n) is 8.51. The fourth-order valence-electron chi connectivity index (χ4n) is 2.52. The van der Waals surface area contributed by atoms with Gasteiger partial charge in [0.1, 0.15) is 0 Å². The van der Waals surface area contributed by atoms with Crippen LogP contribution in [0.4, 0.5) is 5.69 Å². The molecule has 2 aromatic carbocycles. The topological polar surface area (TPSA) is 113 Å². The lowest BCUT2D eigenvalue weighted by Crippen LogP contribution is -2.26. The molecule has 142 valence electrons. The summed E-state index contributed by atoms with van der Waals surface area (Å²) in [5, 5.41) is 11.7. The zero-order valence-corrected chi connectivity index (χ0v) is 15.5. The van der Waals surface area contributed by atoms with Gasteiger partial charge in [-0.15, -0.1) is 0 Å². The second-order valence-electron chi connectivity index (χ2n) is 6.61. The summed E-state index contributed by atoms with van der Waals surface area (Å²) in [5.74, 6) is -1.21. The predicted molar refractivity (Wildman–Crippen MR) is 100 cm³/mol. The zero-order chi connectivity index (χ0) is 19.6. The van der Waals surface area contributed by atoms with Crippen molar-refractivity contribution in [2.24, 2.45) is 5.92 Å². The van der Waals surface area contributed by atoms with Crippen LogP contribution in [0.25, 0.3) is 0 Å². The molecule has 0 bridgehead atoms. The minimum Gasteiger partial charge on any atom is -0.478 e. The third-order valence-corrected chi connectivity index (χ3v) is 5.82. The highest BCUT2D eigenvalue weighted by Gasteiger charge is 2.24. The van der Waals surface area contributed by atoms with E-state index in [1.54, 1.807) is 13.0 Å². The number of aryl methyl sites for hydroxylation is 1. The van der Waals surface area contributed by atoms with Gasteiger partial charge in [-0.05, 0) is 61.6 Å². The number of sulfonamides is 1. The van der Waals surface area contributed by atoms with Crippen LogP contribution in [-0.4, -0.2) is 31.9 Å². The molecule has 1 aliphatic carbocycles. The van der Waals surface area contributed by atoms with Gasteiger partial charge in [0.2, 0.25) is 10.0 Å². The molecule has 0 aromatic heterocycles. The molecular weight excluding hydrogens is 368 g/mol. The number of hydrogen-bond donors (Lipinski definition) is 3. The Kier molecular flexibility index (Phi) is 5.29. The van der Waals surface area contributed by atoms with E-state index in [1.807, 2.05) is 0 Å². The van der Waals surface area contributed by atoms with Gasteiger partial charge < -0.3 is 10.4 Å². The lowest BCUT2D eigenvalue weighted by Gasteiger charge is -2.11. The molecular formula is C19H20N2O5S. The molecule has 2 aromatic rings. The van der Waals surface area contributed by atoms with Crippen molar-refractivity contribution in [1.29, 1.82) is 0 Å². The second kappa shape index (κ2) is 7.50. The highest BCUT2D eigenvalue weighted by molar-refractivity contribution is 7.89. The van der Waals surface area contributed by atoms with Crippen LogP contribution in [0.1, 0.15) is 39.1 Å². The maximum atomic E-state index is 12.5. The molecule has 0 saturated heterocycles. The molecule has 3 N–H and O–H groups in total. The summed E-state index contributed by atoms with van der Waals surface area (Å²) in [4.78, 5) is 23.7. The van der Waals surface area contributed by atoms with Gasteiger partial charge in [-0.2, -0.15) is 0 Å². The summed E-state index contributed by atoms with van der Waals surface area (Å²) >= 11 is 0. The number of hydrogen-bond acceptors (Lipinski definition) is 4. The largest absolute Gasteiger partial charge is 0.478 e. The molecule has 1 saturated carbocycles. The van der Waals surface area contributed by atoms with E-state index in [0.29, 0.717) is 23.7 Å². The number of amides is 1. The summed E-state index contributed by atoms with van der Waals surface area (Å²) < 4.78 is 27.3. The van der Waals surface area contributed by atoms with Gasteiger partial charge in [0.25, 0.3) is 5.91 Å². The van der Waals surface area contributed by atoms with Crippen LogP contribution in [0, 0.1) is 12.8 Å². The van der Waals surface area contributed by atoms with E-state index in [0.717, 1.165) is 12.8 Å². The number of carboxylic acid groups (broad SMARTS) is 1. The molecule has 1 aliphatic rings. The van der Waals surface area contributed by atoms with Gasteiger partial charge >= 0.3 is 5.97 Å². The maximum Gasteiger partial charge on any atom is 0.335 e. The van der Waals surface area contributed by atoms with Crippen LogP contribution in [-0.2, 0) is 10.0 Å². The lowest BCUT2D eigenvalue weighted by atomic mass is 10.1. The predicted octanol–water partition coefficient (Wildman–Crippen LogP) is 2.63. The van der Waals surface area contributed by atoms with E-state index in [4.69, 9.17) is 5.11 Å². The maximum absolute atomic E-state index is 12.5. The summed E-state index contributed by atoms with van der Waals surface area (Å²) in [5.41, 5.74) is 1.28. The first-order chi connectivity index (χ1) is 12.8. The molecule has 1 fully saturated rings. The van der Waals surface area contributed by atoms with E-state index < -0.39 is 21.9 Å². The number of anilines is 1. The molecule has 7 nitrogen and oxygen atoms in total. The summed E-state index contributed by atoms with van der Waals surface area (Å²) in [6.45, 7) is 2.14. The third kappa shape index (κ3) is 4.72. The van der Waals surface area contributed by atoms with E-state index in [9.17, 15) is 18.0 Å². The fraction of sp³-hybridized carbons (Fsp3) is 0.263. The van der Waals surface area contributed by atoms with Gasteiger partial charge in [-0.1, -0.05) is 12.1 Å². The van der Waals surface area contributed by atoms with Gasteiger partial charge in [0.05, 0.1) is 10.5 Å². The Morgan fingerprint density at radius 1 is 1.11 bits per heavy atom. The number of nitrogens with one attached hydrogen (secondary N) is 2.